The first-order valence-corrected chi connectivity index (χ1v) is 20.2. The highest BCUT2D eigenvalue weighted by molar-refractivity contribution is 6.04. The summed E-state index contributed by atoms with van der Waals surface area (Å²) in [7, 11) is 0. The SMILES string of the molecule is Cc1cc2cc(c1NC(=O)[C@H](CCN)NC(=O)c1c(C)nc(-c3ccc(C4(C5CCCC5)CC4)cc3)nc1C)-c1cccc(c1)CC(=O)NCC(=O)NC(C(N)=O)C2. The number of benzene rings is 3. The van der Waals surface area contributed by atoms with E-state index in [9.17, 15) is 24.0 Å². The molecule has 2 saturated carbocycles. The van der Waals surface area contributed by atoms with Crippen LogP contribution >= 0.6 is 0 Å². The van der Waals surface area contributed by atoms with Crippen LogP contribution in [-0.2, 0) is 37.4 Å². The summed E-state index contributed by atoms with van der Waals surface area (Å²) in [5, 5.41) is 11.1. The lowest BCUT2D eigenvalue weighted by molar-refractivity contribution is -0.128. The third kappa shape index (κ3) is 8.64. The van der Waals surface area contributed by atoms with E-state index in [0.717, 1.165) is 11.5 Å². The van der Waals surface area contributed by atoms with Gasteiger partial charge in [-0.2, -0.15) is 0 Å². The van der Waals surface area contributed by atoms with Gasteiger partial charge in [-0.1, -0.05) is 67.4 Å². The number of amides is 5. The number of rotatable bonds is 10. The van der Waals surface area contributed by atoms with Gasteiger partial charge < -0.3 is 32.7 Å². The largest absolute Gasteiger partial charge is 0.368 e. The molecule has 5 amide bonds. The summed E-state index contributed by atoms with van der Waals surface area (Å²) in [6, 6.07) is 17.5. The van der Waals surface area contributed by atoms with E-state index in [1.807, 2.05) is 31.2 Å². The van der Waals surface area contributed by atoms with Crippen LogP contribution < -0.4 is 32.7 Å². The quantitative estimate of drug-likeness (QED) is 0.137. The fraction of sp³-hybridized carbons (Fsp3) is 0.400. The first-order chi connectivity index (χ1) is 27.8. The number of nitrogens with two attached hydrogens (primary N) is 2. The number of hydrogen-bond donors (Lipinski definition) is 6. The summed E-state index contributed by atoms with van der Waals surface area (Å²) in [5.74, 6) is -1.31. The van der Waals surface area contributed by atoms with Gasteiger partial charge in [0.05, 0.1) is 35.6 Å². The lowest BCUT2D eigenvalue weighted by atomic mass is 9.81. The zero-order valence-electron chi connectivity index (χ0n) is 33.4. The van der Waals surface area contributed by atoms with Crippen LogP contribution in [0.4, 0.5) is 5.69 Å². The molecule has 0 spiro atoms. The maximum Gasteiger partial charge on any atom is 0.255 e. The summed E-state index contributed by atoms with van der Waals surface area (Å²) in [6.45, 7) is 5.18. The molecule has 2 aliphatic carbocycles. The van der Waals surface area contributed by atoms with Crippen molar-refractivity contribution in [1.82, 2.24) is 25.9 Å². The van der Waals surface area contributed by atoms with Crippen molar-refractivity contribution < 1.29 is 24.0 Å². The molecule has 7 rings (SSSR count). The molecule has 4 bridgehead atoms. The minimum atomic E-state index is -1.04. The van der Waals surface area contributed by atoms with Gasteiger partial charge in [-0.15, -0.1) is 0 Å². The first-order valence-electron chi connectivity index (χ1n) is 20.2. The van der Waals surface area contributed by atoms with Gasteiger partial charge in [-0.05, 0) is 105 Å². The van der Waals surface area contributed by atoms with Gasteiger partial charge in [0.2, 0.25) is 23.6 Å². The monoisotopic (exact) mass is 784 g/mol. The van der Waals surface area contributed by atoms with E-state index in [1.54, 1.807) is 26.0 Å². The average Bonchev–Trinajstić information content (AvgIpc) is 3.81. The van der Waals surface area contributed by atoms with Gasteiger partial charge >= 0.3 is 0 Å². The predicted molar refractivity (Wildman–Crippen MR) is 222 cm³/mol. The topological polar surface area (TPSA) is 211 Å². The summed E-state index contributed by atoms with van der Waals surface area (Å²) in [4.78, 5) is 75.2. The van der Waals surface area contributed by atoms with Gasteiger partial charge in [-0.25, -0.2) is 9.97 Å². The molecular formula is C45H52N8O5. The van der Waals surface area contributed by atoms with Crippen LogP contribution in [-0.4, -0.2) is 64.7 Å². The van der Waals surface area contributed by atoms with Gasteiger partial charge in [-0.3, -0.25) is 24.0 Å². The van der Waals surface area contributed by atoms with Gasteiger partial charge in [0.25, 0.3) is 5.91 Å². The molecule has 58 heavy (non-hydrogen) atoms. The molecule has 3 aromatic carbocycles. The van der Waals surface area contributed by atoms with E-state index in [-0.39, 0.29) is 38.3 Å². The van der Waals surface area contributed by atoms with Crippen LogP contribution in [0.5, 0.6) is 0 Å². The Morgan fingerprint density at radius 2 is 1.60 bits per heavy atom. The van der Waals surface area contributed by atoms with Crippen LogP contribution in [0.15, 0.2) is 60.7 Å². The van der Waals surface area contributed by atoms with E-state index in [0.29, 0.717) is 61.7 Å². The Bertz CT molecular complexity index is 2240. The van der Waals surface area contributed by atoms with E-state index in [1.165, 1.54) is 44.1 Å². The first kappa shape index (κ1) is 40.3. The summed E-state index contributed by atoms with van der Waals surface area (Å²) in [5.41, 5.74) is 19.4. The standard InChI is InChI=1S/C45H52N8O5/c1-25-19-29-21-34(31-8-6-7-28(20-31)23-37(54)48-24-38(55)51-36(22-29)41(47)56)40(25)53-43(57)35(15-18-46)52-44(58)39-26(2)49-42(50-27(39)3)30-11-13-33(14-12-30)45(16-17-45)32-9-4-5-10-32/h6-8,11-14,19-21,32,35-36H,4-5,9-10,15-18,22-24,46H2,1-3H3,(H2,47,56)(H,48,54)(H,51,55)(H,52,58)(H,53,57)/t35-,36?/m0/s1. The molecule has 1 aromatic heterocycles. The predicted octanol–water partition coefficient (Wildman–Crippen LogP) is 4.23. The van der Waals surface area contributed by atoms with E-state index < -0.39 is 35.7 Å². The molecule has 302 valence electrons. The number of aromatic nitrogens is 2. The van der Waals surface area contributed by atoms with Gasteiger partial charge in [0, 0.05) is 17.5 Å². The zero-order valence-corrected chi connectivity index (χ0v) is 33.4. The zero-order chi connectivity index (χ0) is 41.1. The molecule has 1 unspecified atom stereocenters. The second kappa shape index (κ2) is 16.9. The molecule has 4 aromatic rings. The van der Waals surface area contributed by atoms with Crippen molar-refractivity contribution in [2.75, 3.05) is 18.4 Å². The molecule has 13 nitrogen and oxygen atoms in total. The lowest BCUT2D eigenvalue weighted by Gasteiger charge is -2.23. The van der Waals surface area contributed by atoms with E-state index >= 15 is 0 Å². The van der Waals surface area contributed by atoms with Crippen molar-refractivity contribution in [2.24, 2.45) is 17.4 Å². The number of carbonyl (C=O) groups is 5. The van der Waals surface area contributed by atoms with Crippen molar-refractivity contribution in [2.45, 2.75) is 96.1 Å². The fourth-order valence-electron chi connectivity index (χ4n) is 8.90. The Balaban J connectivity index is 1.13. The Labute approximate surface area is 338 Å². The maximum atomic E-state index is 14.1. The number of anilines is 1. The summed E-state index contributed by atoms with van der Waals surface area (Å²) < 4.78 is 0. The third-order valence-electron chi connectivity index (χ3n) is 12.0. The normalized spacial score (nSPS) is 18.3. The van der Waals surface area contributed by atoms with Crippen LogP contribution in [0, 0.1) is 26.7 Å². The summed E-state index contributed by atoms with van der Waals surface area (Å²) in [6.07, 6.45) is 8.01. The Morgan fingerprint density at radius 3 is 2.26 bits per heavy atom. The number of primary amides is 1. The lowest BCUT2D eigenvalue weighted by Crippen LogP contribution is -2.49. The van der Waals surface area contributed by atoms with Crippen LogP contribution in [0.1, 0.15) is 88.9 Å². The number of hydrogen-bond acceptors (Lipinski definition) is 8. The molecule has 13 heteroatoms. The van der Waals surface area contributed by atoms with Crippen molar-refractivity contribution in [3.63, 3.8) is 0 Å². The number of carbonyl (C=O) groups excluding carboxylic acids is 5. The van der Waals surface area contributed by atoms with Crippen LogP contribution in [0.3, 0.4) is 0 Å². The summed E-state index contributed by atoms with van der Waals surface area (Å²) >= 11 is 0. The minimum absolute atomic E-state index is 0.00214. The second-order valence-electron chi connectivity index (χ2n) is 16.1. The number of aryl methyl sites for hydroxylation is 3. The van der Waals surface area contributed by atoms with Gasteiger partial charge in [0.1, 0.15) is 12.1 Å². The average molecular weight is 785 g/mol. The van der Waals surface area contributed by atoms with Crippen LogP contribution in [0.25, 0.3) is 22.5 Å². The Morgan fingerprint density at radius 1 is 0.897 bits per heavy atom. The molecule has 2 heterocycles. The van der Waals surface area contributed by atoms with Crippen LogP contribution in [0.2, 0.25) is 0 Å². The van der Waals surface area contributed by atoms with E-state index in [4.69, 9.17) is 21.4 Å². The Kier molecular flexibility index (Phi) is 11.7. The molecular weight excluding hydrogens is 733 g/mol. The smallest absolute Gasteiger partial charge is 0.255 e. The molecule has 2 atom stereocenters. The highest BCUT2D eigenvalue weighted by atomic mass is 16.2. The molecule has 0 radical (unpaired) electrons. The Hall–Kier alpha value is -5.95. The molecule has 0 saturated heterocycles. The van der Waals surface area contributed by atoms with E-state index in [2.05, 4.69) is 45.5 Å². The third-order valence-corrected chi connectivity index (χ3v) is 12.0. The van der Waals surface area contributed by atoms with Gasteiger partial charge in [0.15, 0.2) is 5.82 Å². The number of nitrogens with zero attached hydrogens (tertiary/aromatic N) is 2. The molecule has 1 aliphatic heterocycles. The fourth-order valence-corrected chi connectivity index (χ4v) is 8.90. The molecule has 8 N–H and O–H groups in total. The minimum Gasteiger partial charge on any atom is -0.368 e. The highest BCUT2D eigenvalue weighted by Crippen LogP contribution is 2.58. The van der Waals surface area contributed by atoms with Crippen molar-refractivity contribution in [1.29, 1.82) is 0 Å². The number of fused-ring (bicyclic) bond motifs is 5. The maximum absolute atomic E-state index is 14.1. The molecule has 2 fully saturated rings. The second-order valence-corrected chi connectivity index (χ2v) is 16.1. The number of nitrogens with one attached hydrogen (secondary N) is 4. The van der Waals surface area contributed by atoms with Crippen molar-refractivity contribution in [3.05, 3.63) is 99.9 Å². The van der Waals surface area contributed by atoms with Crippen molar-refractivity contribution >= 4 is 35.2 Å². The molecule has 3 aliphatic rings. The highest BCUT2D eigenvalue weighted by Gasteiger charge is 2.50. The van der Waals surface area contributed by atoms with Crippen molar-refractivity contribution in [3.8, 4) is 22.5 Å².